The Morgan fingerprint density at radius 1 is 1.15 bits per heavy atom. The van der Waals surface area contributed by atoms with E-state index in [4.69, 9.17) is 16.3 Å². The van der Waals surface area contributed by atoms with Crippen molar-refractivity contribution >= 4 is 17.4 Å². The summed E-state index contributed by atoms with van der Waals surface area (Å²) < 4.78 is 19.1. The summed E-state index contributed by atoms with van der Waals surface area (Å²) in [7, 11) is 0. The van der Waals surface area contributed by atoms with Crippen LogP contribution in [-0.2, 0) is 6.42 Å². The summed E-state index contributed by atoms with van der Waals surface area (Å²) in [6.07, 6.45) is 1.82. The Labute approximate surface area is 121 Å². The van der Waals surface area contributed by atoms with E-state index in [1.54, 1.807) is 6.07 Å². The average molecular weight is 291 g/mol. The molecule has 0 aromatic heterocycles. The van der Waals surface area contributed by atoms with Gasteiger partial charge in [0.2, 0.25) is 0 Å². The maximum atomic E-state index is 13.5. The molecule has 1 aliphatic rings. The number of para-hydroxylation sites is 1. The Bertz CT molecular complexity index is 682. The van der Waals surface area contributed by atoms with E-state index < -0.39 is 5.82 Å². The Morgan fingerprint density at radius 2 is 1.90 bits per heavy atom. The minimum Gasteiger partial charge on any atom is -0.493 e. The summed E-state index contributed by atoms with van der Waals surface area (Å²) in [5, 5.41) is -0.147. The number of ether oxygens (including phenoxy) is 1. The minimum absolute atomic E-state index is 0.147. The van der Waals surface area contributed by atoms with Gasteiger partial charge in [-0.25, -0.2) is 4.39 Å². The fourth-order valence-electron chi connectivity index (χ4n) is 2.39. The highest BCUT2D eigenvalue weighted by Gasteiger charge is 2.22. The monoisotopic (exact) mass is 290 g/mol. The predicted octanol–water partition coefficient (Wildman–Crippen LogP) is 4.04. The lowest BCUT2D eigenvalue weighted by molar-refractivity contribution is 0.103. The van der Waals surface area contributed by atoms with Gasteiger partial charge in [-0.1, -0.05) is 29.8 Å². The summed E-state index contributed by atoms with van der Waals surface area (Å²) in [6.45, 7) is 0.591. The van der Waals surface area contributed by atoms with Gasteiger partial charge in [-0.15, -0.1) is 0 Å². The first-order valence-corrected chi connectivity index (χ1v) is 6.79. The largest absolute Gasteiger partial charge is 0.493 e. The van der Waals surface area contributed by atoms with Crippen LogP contribution in [0.1, 0.15) is 27.9 Å². The van der Waals surface area contributed by atoms with Gasteiger partial charge in [0.25, 0.3) is 0 Å². The zero-order valence-corrected chi connectivity index (χ0v) is 11.4. The molecule has 3 rings (SSSR count). The van der Waals surface area contributed by atoms with Crippen LogP contribution < -0.4 is 4.74 Å². The molecular weight excluding hydrogens is 279 g/mol. The van der Waals surface area contributed by atoms with Crippen molar-refractivity contribution in [2.45, 2.75) is 12.8 Å². The first-order valence-electron chi connectivity index (χ1n) is 6.42. The lowest BCUT2D eigenvalue weighted by atomic mass is 9.97. The van der Waals surface area contributed by atoms with Crippen molar-refractivity contribution in [2.75, 3.05) is 6.61 Å². The number of halogens is 2. The zero-order valence-electron chi connectivity index (χ0n) is 10.7. The van der Waals surface area contributed by atoms with Gasteiger partial charge in [-0.3, -0.25) is 4.79 Å². The zero-order chi connectivity index (χ0) is 14.1. The number of carbonyl (C=O) groups excluding carboxylic acids is 1. The highest BCUT2D eigenvalue weighted by molar-refractivity contribution is 6.35. The summed E-state index contributed by atoms with van der Waals surface area (Å²) in [6, 6.07) is 9.68. The number of aryl methyl sites for hydroxylation is 1. The van der Waals surface area contributed by atoms with E-state index in [0.29, 0.717) is 17.9 Å². The number of benzene rings is 2. The molecule has 4 heteroatoms. The van der Waals surface area contributed by atoms with Crippen LogP contribution in [0.15, 0.2) is 36.4 Å². The van der Waals surface area contributed by atoms with E-state index in [0.717, 1.165) is 18.4 Å². The molecule has 0 aliphatic carbocycles. The van der Waals surface area contributed by atoms with E-state index in [1.807, 2.05) is 12.1 Å². The van der Waals surface area contributed by atoms with E-state index in [2.05, 4.69) is 0 Å². The van der Waals surface area contributed by atoms with Crippen LogP contribution in [0.25, 0.3) is 0 Å². The second-order valence-electron chi connectivity index (χ2n) is 4.68. The molecule has 0 fully saturated rings. The number of fused-ring (bicyclic) bond motifs is 1. The third-order valence-corrected chi connectivity index (χ3v) is 3.76. The molecule has 0 N–H and O–H groups in total. The highest BCUT2D eigenvalue weighted by atomic mass is 35.5. The molecule has 2 aromatic rings. The molecule has 0 saturated carbocycles. The SMILES string of the molecule is O=C(c1cccc(F)c1Cl)c1cccc2c1OCCC2. The molecule has 2 nitrogen and oxygen atoms in total. The summed E-state index contributed by atoms with van der Waals surface area (Å²) in [4.78, 5) is 12.6. The van der Waals surface area contributed by atoms with Gasteiger partial charge in [0.15, 0.2) is 5.78 Å². The molecule has 0 spiro atoms. The van der Waals surface area contributed by atoms with Crippen LogP contribution in [0.2, 0.25) is 5.02 Å². The summed E-state index contributed by atoms with van der Waals surface area (Å²) in [5.74, 6) is -0.305. The number of carbonyl (C=O) groups is 1. The second kappa shape index (κ2) is 5.25. The molecule has 102 valence electrons. The maximum absolute atomic E-state index is 13.5. The van der Waals surface area contributed by atoms with Crippen molar-refractivity contribution in [3.8, 4) is 5.75 Å². The van der Waals surface area contributed by atoms with Crippen molar-refractivity contribution in [3.63, 3.8) is 0 Å². The molecule has 2 aromatic carbocycles. The first-order chi connectivity index (χ1) is 9.68. The predicted molar refractivity (Wildman–Crippen MR) is 75.1 cm³/mol. The third-order valence-electron chi connectivity index (χ3n) is 3.37. The van der Waals surface area contributed by atoms with E-state index in [9.17, 15) is 9.18 Å². The van der Waals surface area contributed by atoms with Gasteiger partial charge in [0.05, 0.1) is 17.2 Å². The quantitative estimate of drug-likeness (QED) is 0.781. The van der Waals surface area contributed by atoms with Crippen molar-refractivity contribution < 1.29 is 13.9 Å². The first kappa shape index (κ1) is 13.1. The van der Waals surface area contributed by atoms with Gasteiger partial charge in [-0.05, 0) is 36.6 Å². The Balaban J connectivity index is 2.09. The van der Waals surface area contributed by atoms with Crippen LogP contribution in [0, 0.1) is 5.82 Å². The van der Waals surface area contributed by atoms with Gasteiger partial charge < -0.3 is 4.74 Å². The van der Waals surface area contributed by atoms with E-state index in [1.165, 1.54) is 18.2 Å². The van der Waals surface area contributed by atoms with Crippen molar-refractivity contribution in [2.24, 2.45) is 0 Å². The standard InChI is InChI=1S/C16H12ClFO2/c17-14-11(6-2-8-13(14)18)15(19)12-7-1-4-10-5-3-9-20-16(10)12/h1-2,4,6-8H,3,5,9H2. The molecule has 1 heterocycles. The topological polar surface area (TPSA) is 26.3 Å². The molecule has 20 heavy (non-hydrogen) atoms. The molecule has 1 aliphatic heterocycles. The van der Waals surface area contributed by atoms with Gasteiger partial charge >= 0.3 is 0 Å². The summed E-state index contributed by atoms with van der Waals surface area (Å²) in [5.41, 5.74) is 1.61. The van der Waals surface area contributed by atoms with Gasteiger partial charge in [0, 0.05) is 5.56 Å². The number of hydrogen-bond acceptors (Lipinski definition) is 2. The van der Waals surface area contributed by atoms with E-state index in [-0.39, 0.29) is 16.4 Å². The normalized spacial score (nSPS) is 13.5. The number of ketones is 1. The van der Waals surface area contributed by atoms with Crippen LogP contribution >= 0.6 is 11.6 Å². The molecule has 0 unspecified atom stereocenters. The molecule has 0 saturated heterocycles. The van der Waals surface area contributed by atoms with Crippen LogP contribution in [0.5, 0.6) is 5.75 Å². The van der Waals surface area contributed by atoms with Crippen LogP contribution in [0.3, 0.4) is 0 Å². The van der Waals surface area contributed by atoms with Gasteiger partial charge in [-0.2, -0.15) is 0 Å². The maximum Gasteiger partial charge on any atom is 0.198 e. The molecular formula is C16H12ClFO2. The Hall–Kier alpha value is -1.87. The molecule has 0 atom stereocenters. The lowest BCUT2D eigenvalue weighted by Gasteiger charge is -2.19. The smallest absolute Gasteiger partial charge is 0.198 e. The lowest BCUT2D eigenvalue weighted by Crippen LogP contribution is -2.13. The third kappa shape index (κ3) is 2.18. The Kier molecular flexibility index (Phi) is 3.45. The van der Waals surface area contributed by atoms with Crippen molar-refractivity contribution in [1.82, 2.24) is 0 Å². The minimum atomic E-state index is -0.594. The van der Waals surface area contributed by atoms with Crippen LogP contribution in [0.4, 0.5) is 4.39 Å². The van der Waals surface area contributed by atoms with E-state index >= 15 is 0 Å². The highest BCUT2D eigenvalue weighted by Crippen LogP contribution is 2.32. The van der Waals surface area contributed by atoms with Gasteiger partial charge in [0.1, 0.15) is 11.6 Å². The van der Waals surface area contributed by atoms with Crippen molar-refractivity contribution in [3.05, 3.63) is 63.9 Å². The van der Waals surface area contributed by atoms with Crippen molar-refractivity contribution in [1.29, 1.82) is 0 Å². The van der Waals surface area contributed by atoms with Crippen LogP contribution in [-0.4, -0.2) is 12.4 Å². The average Bonchev–Trinajstić information content (AvgIpc) is 2.49. The number of hydrogen-bond donors (Lipinski definition) is 0. The number of rotatable bonds is 2. The molecule has 0 radical (unpaired) electrons. The molecule has 0 bridgehead atoms. The summed E-state index contributed by atoms with van der Waals surface area (Å²) >= 11 is 5.88. The molecule has 0 amide bonds. The fraction of sp³-hybridized carbons (Fsp3) is 0.188. The second-order valence-corrected chi connectivity index (χ2v) is 5.05. The Morgan fingerprint density at radius 3 is 2.75 bits per heavy atom. The fourth-order valence-corrected chi connectivity index (χ4v) is 2.60.